The molecule has 0 saturated heterocycles. The fraction of sp³-hybridized carbons (Fsp3) is 0.188. The minimum atomic E-state index is -0.889. The molecule has 2 aromatic carbocycles. The van der Waals surface area contributed by atoms with Gasteiger partial charge in [-0.3, -0.25) is 4.79 Å². The van der Waals surface area contributed by atoms with Crippen LogP contribution in [0, 0.1) is 0 Å². The largest absolute Gasteiger partial charge is 0.496 e. The number of methoxy groups -OCH3 is 1. The molecule has 2 aromatic rings. The minimum absolute atomic E-state index is 0.0975. The van der Waals surface area contributed by atoms with E-state index in [4.69, 9.17) is 21.4 Å². The highest BCUT2D eigenvalue weighted by atomic mass is 35.5. The van der Waals surface area contributed by atoms with Gasteiger partial charge in [0.25, 0.3) is 0 Å². The molecular formula is C16H16ClNO3. The van der Waals surface area contributed by atoms with E-state index in [1.807, 2.05) is 24.3 Å². The smallest absolute Gasteiger partial charge is 0.323 e. The number of carboxylic acid groups (broad SMARTS) is 1. The Hall–Kier alpha value is -2.20. The first-order chi connectivity index (χ1) is 10.1. The van der Waals surface area contributed by atoms with Crippen LogP contribution in [0.15, 0.2) is 48.5 Å². The van der Waals surface area contributed by atoms with Crippen LogP contribution >= 0.6 is 11.6 Å². The molecule has 0 fully saturated rings. The first-order valence-electron chi connectivity index (χ1n) is 6.44. The molecule has 0 aliphatic carbocycles. The van der Waals surface area contributed by atoms with Crippen LogP contribution in [0.4, 0.5) is 5.69 Å². The van der Waals surface area contributed by atoms with Crippen LogP contribution in [-0.2, 0) is 11.3 Å². The number of hydrogen-bond donors (Lipinski definition) is 1. The number of ether oxygens (including phenoxy) is 1. The monoisotopic (exact) mass is 305 g/mol. The van der Waals surface area contributed by atoms with Gasteiger partial charge in [-0.15, -0.1) is 0 Å². The predicted molar refractivity (Wildman–Crippen MR) is 83.1 cm³/mol. The maximum absolute atomic E-state index is 11.1. The molecule has 110 valence electrons. The third kappa shape index (κ3) is 4.13. The van der Waals surface area contributed by atoms with Crippen molar-refractivity contribution < 1.29 is 14.6 Å². The van der Waals surface area contributed by atoms with Crippen molar-refractivity contribution in [2.45, 2.75) is 6.54 Å². The topological polar surface area (TPSA) is 49.8 Å². The van der Waals surface area contributed by atoms with E-state index in [-0.39, 0.29) is 6.54 Å². The average Bonchev–Trinajstić information content (AvgIpc) is 2.47. The normalized spacial score (nSPS) is 10.2. The number of para-hydroxylation sites is 1. The third-order valence-electron chi connectivity index (χ3n) is 3.07. The van der Waals surface area contributed by atoms with Crippen LogP contribution in [0.5, 0.6) is 5.75 Å². The first kappa shape index (κ1) is 15.2. The van der Waals surface area contributed by atoms with Crippen molar-refractivity contribution in [3.8, 4) is 5.75 Å². The van der Waals surface area contributed by atoms with Crippen LogP contribution in [0.1, 0.15) is 5.56 Å². The Morgan fingerprint density at radius 2 is 1.86 bits per heavy atom. The quantitative estimate of drug-likeness (QED) is 0.888. The average molecular weight is 306 g/mol. The summed E-state index contributed by atoms with van der Waals surface area (Å²) in [6.07, 6.45) is 0. The summed E-state index contributed by atoms with van der Waals surface area (Å²) in [5.74, 6) is -0.151. The summed E-state index contributed by atoms with van der Waals surface area (Å²) >= 11 is 5.88. The van der Waals surface area contributed by atoms with Crippen molar-refractivity contribution in [3.63, 3.8) is 0 Å². The molecule has 1 N–H and O–H groups in total. The number of aliphatic carboxylic acids is 1. The number of halogens is 1. The second kappa shape index (κ2) is 6.99. The fourth-order valence-electron chi connectivity index (χ4n) is 2.09. The van der Waals surface area contributed by atoms with Crippen LogP contribution < -0.4 is 9.64 Å². The van der Waals surface area contributed by atoms with Gasteiger partial charge in [0.2, 0.25) is 0 Å². The standard InChI is InChI=1S/C16H16ClNO3/c1-21-15-5-3-2-4-12(15)10-18(11-16(19)20)14-8-6-13(17)7-9-14/h2-9H,10-11H2,1H3,(H,19,20). The number of carboxylic acids is 1. The molecule has 2 rings (SSSR count). The summed E-state index contributed by atoms with van der Waals surface area (Å²) in [5, 5.41) is 9.72. The van der Waals surface area contributed by atoms with Gasteiger partial charge < -0.3 is 14.7 Å². The van der Waals surface area contributed by atoms with Gasteiger partial charge >= 0.3 is 5.97 Å². The Kier molecular flexibility index (Phi) is 5.06. The molecule has 0 aliphatic rings. The van der Waals surface area contributed by atoms with Crippen molar-refractivity contribution in [2.24, 2.45) is 0 Å². The zero-order valence-corrected chi connectivity index (χ0v) is 12.4. The number of anilines is 1. The number of rotatable bonds is 6. The molecule has 5 heteroatoms. The summed E-state index contributed by atoms with van der Waals surface area (Å²) in [4.78, 5) is 12.9. The molecule has 0 atom stereocenters. The Morgan fingerprint density at radius 1 is 1.19 bits per heavy atom. The predicted octanol–water partition coefficient (Wildman–Crippen LogP) is 3.44. The van der Waals surface area contributed by atoms with E-state index in [1.54, 1.807) is 36.3 Å². The molecule has 0 unspecified atom stereocenters. The summed E-state index contributed by atoms with van der Waals surface area (Å²) in [5.41, 5.74) is 1.73. The van der Waals surface area contributed by atoms with Crippen LogP contribution in [-0.4, -0.2) is 24.7 Å². The highest BCUT2D eigenvalue weighted by molar-refractivity contribution is 6.30. The fourth-order valence-corrected chi connectivity index (χ4v) is 2.22. The molecule has 21 heavy (non-hydrogen) atoms. The van der Waals surface area contributed by atoms with E-state index in [9.17, 15) is 4.79 Å². The maximum atomic E-state index is 11.1. The summed E-state index contributed by atoms with van der Waals surface area (Å²) in [7, 11) is 1.60. The van der Waals surface area contributed by atoms with E-state index < -0.39 is 5.97 Å². The molecule has 0 radical (unpaired) electrons. The number of benzene rings is 2. The second-order valence-corrected chi connectivity index (χ2v) is 4.97. The molecule has 0 heterocycles. The number of carbonyl (C=O) groups is 1. The summed E-state index contributed by atoms with van der Waals surface area (Å²) < 4.78 is 5.31. The van der Waals surface area contributed by atoms with Gasteiger partial charge in [0.05, 0.1) is 7.11 Å². The van der Waals surface area contributed by atoms with Gasteiger partial charge in [0.1, 0.15) is 12.3 Å². The summed E-state index contributed by atoms with van der Waals surface area (Å²) in [6, 6.07) is 14.7. The summed E-state index contributed by atoms with van der Waals surface area (Å²) in [6.45, 7) is 0.345. The van der Waals surface area contributed by atoms with Gasteiger partial charge in [0.15, 0.2) is 0 Å². The zero-order chi connectivity index (χ0) is 15.2. The lowest BCUT2D eigenvalue weighted by atomic mass is 10.1. The highest BCUT2D eigenvalue weighted by Gasteiger charge is 2.13. The second-order valence-electron chi connectivity index (χ2n) is 4.54. The van der Waals surface area contributed by atoms with Gasteiger partial charge in [0, 0.05) is 22.8 Å². The highest BCUT2D eigenvalue weighted by Crippen LogP contribution is 2.24. The maximum Gasteiger partial charge on any atom is 0.323 e. The van der Waals surface area contributed by atoms with Crippen molar-refractivity contribution in [3.05, 3.63) is 59.1 Å². The number of nitrogens with zero attached hydrogens (tertiary/aromatic N) is 1. The Morgan fingerprint density at radius 3 is 2.48 bits per heavy atom. The zero-order valence-electron chi connectivity index (χ0n) is 11.6. The minimum Gasteiger partial charge on any atom is -0.496 e. The molecule has 0 amide bonds. The van der Waals surface area contributed by atoms with Crippen molar-refractivity contribution in [1.29, 1.82) is 0 Å². The van der Waals surface area contributed by atoms with Crippen LogP contribution in [0.3, 0.4) is 0 Å². The van der Waals surface area contributed by atoms with E-state index in [1.165, 1.54) is 0 Å². The first-order valence-corrected chi connectivity index (χ1v) is 6.82. The van der Waals surface area contributed by atoms with E-state index >= 15 is 0 Å². The van der Waals surface area contributed by atoms with Gasteiger partial charge in [-0.1, -0.05) is 29.8 Å². The lowest BCUT2D eigenvalue weighted by Gasteiger charge is -2.24. The molecule has 0 spiro atoms. The van der Waals surface area contributed by atoms with Gasteiger partial charge in [-0.05, 0) is 30.3 Å². The van der Waals surface area contributed by atoms with E-state index in [0.717, 1.165) is 17.0 Å². The van der Waals surface area contributed by atoms with Gasteiger partial charge in [-0.2, -0.15) is 0 Å². The van der Waals surface area contributed by atoms with Gasteiger partial charge in [-0.25, -0.2) is 0 Å². The van der Waals surface area contributed by atoms with Crippen molar-refractivity contribution >= 4 is 23.3 Å². The van der Waals surface area contributed by atoms with E-state index in [0.29, 0.717) is 11.6 Å². The Balaban J connectivity index is 2.28. The molecule has 0 bridgehead atoms. The Labute approximate surface area is 128 Å². The lowest BCUT2D eigenvalue weighted by Crippen LogP contribution is -2.29. The molecule has 4 nitrogen and oxygen atoms in total. The molecular weight excluding hydrogens is 290 g/mol. The number of hydrogen-bond acceptors (Lipinski definition) is 3. The van der Waals surface area contributed by atoms with Crippen LogP contribution in [0.25, 0.3) is 0 Å². The third-order valence-corrected chi connectivity index (χ3v) is 3.32. The van der Waals surface area contributed by atoms with Crippen LogP contribution in [0.2, 0.25) is 5.02 Å². The Bertz CT molecular complexity index is 613. The van der Waals surface area contributed by atoms with E-state index in [2.05, 4.69) is 0 Å². The lowest BCUT2D eigenvalue weighted by molar-refractivity contribution is -0.135. The molecule has 0 aromatic heterocycles. The van der Waals surface area contributed by atoms with Crippen molar-refractivity contribution in [1.82, 2.24) is 0 Å². The molecule has 0 aliphatic heterocycles. The molecule has 0 saturated carbocycles. The SMILES string of the molecule is COc1ccccc1CN(CC(=O)O)c1ccc(Cl)cc1. The van der Waals surface area contributed by atoms with Crippen molar-refractivity contribution in [2.75, 3.05) is 18.6 Å².